The molecule has 0 amide bonds. The Kier molecular flexibility index (Phi) is 3.97. The lowest BCUT2D eigenvalue weighted by Crippen LogP contribution is -2.06. The quantitative estimate of drug-likeness (QED) is 0.901. The molecule has 20 heavy (non-hydrogen) atoms. The van der Waals surface area contributed by atoms with Crippen LogP contribution in [0.2, 0.25) is 0 Å². The number of hydrogen-bond donors (Lipinski definition) is 2. The molecule has 106 valence electrons. The molecule has 7 heteroatoms. The highest BCUT2D eigenvalue weighted by molar-refractivity contribution is 5.72. The fraction of sp³-hybridized carbons (Fsp3) is 0.231. The minimum atomic E-state index is -0.597. The van der Waals surface area contributed by atoms with Crippen LogP contribution in [0.1, 0.15) is 12.5 Å². The van der Waals surface area contributed by atoms with Crippen LogP contribution in [0, 0.1) is 18.6 Å². The maximum absolute atomic E-state index is 13.8. The van der Waals surface area contributed by atoms with E-state index in [9.17, 15) is 8.78 Å². The van der Waals surface area contributed by atoms with E-state index in [4.69, 9.17) is 10.5 Å². The normalized spacial score (nSPS) is 10.4. The van der Waals surface area contributed by atoms with Crippen molar-refractivity contribution in [2.24, 2.45) is 0 Å². The first-order chi connectivity index (χ1) is 9.52. The number of aromatic nitrogens is 2. The third-order valence-electron chi connectivity index (χ3n) is 2.63. The second kappa shape index (κ2) is 5.68. The van der Waals surface area contributed by atoms with E-state index in [2.05, 4.69) is 15.3 Å². The number of hydrogen-bond acceptors (Lipinski definition) is 5. The van der Waals surface area contributed by atoms with Crippen LogP contribution in [-0.4, -0.2) is 16.6 Å². The lowest BCUT2D eigenvalue weighted by Gasteiger charge is -2.12. The molecule has 0 atom stereocenters. The van der Waals surface area contributed by atoms with Crippen LogP contribution in [0.25, 0.3) is 0 Å². The largest absolute Gasteiger partial charge is 0.476 e. The van der Waals surface area contributed by atoms with Crippen LogP contribution in [0.4, 0.5) is 26.0 Å². The van der Waals surface area contributed by atoms with Gasteiger partial charge in [-0.25, -0.2) is 13.8 Å². The molecule has 0 aliphatic carbocycles. The number of nitrogens with one attached hydrogen (secondary N) is 1. The first-order valence-corrected chi connectivity index (χ1v) is 5.98. The summed E-state index contributed by atoms with van der Waals surface area (Å²) >= 11 is 0. The number of ether oxygens (including phenoxy) is 1. The highest BCUT2D eigenvalue weighted by Crippen LogP contribution is 2.29. The maximum Gasteiger partial charge on any atom is 0.242 e. The Balaban J connectivity index is 2.35. The molecule has 0 bridgehead atoms. The van der Waals surface area contributed by atoms with E-state index < -0.39 is 11.6 Å². The maximum atomic E-state index is 13.8. The summed E-state index contributed by atoms with van der Waals surface area (Å²) in [5, 5.41) is 2.64. The summed E-state index contributed by atoms with van der Waals surface area (Å²) in [6, 6.07) is 2.14. The van der Waals surface area contributed by atoms with Gasteiger partial charge in [-0.1, -0.05) is 0 Å². The van der Waals surface area contributed by atoms with Gasteiger partial charge in [0.25, 0.3) is 0 Å². The van der Waals surface area contributed by atoms with Crippen LogP contribution in [-0.2, 0) is 0 Å². The van der Waals surface area contributed by atoms with Gasteiger partial charge < -0.3 is 15.8 Å². The molecular formula is C13H14F2N4O. The zero-order valence-corrected chi connectivity index (χ0v) is 11.1. The third-order valence-corrected chi connectivity index (χ3v) is 2.63. The SMILES string of the molecule is CCOc1ncnc(Nc2cc(F)c(C)cc2F)c1N. The van der Waals surface area contributed by atoms with Crippen molar-refractivity contribution in [2.45, 2.75) is 13.8 Å². The molecule has 0 saturated carbocycles. The van der Waals surface area contributed by atoms with Crippen molar-refractivity contribution in [1.29, 1.82) is 0 Å². The molecule has 1 heterocycles. The van der Waals surface area contributed by atoms with Gasteiger partial charge in [0, 0.05) is 6.07 Å². The molecule has 5 nitrogen and oxygen atoms in total. The summed E-state index contributed by atoms with van der Waals surface area (Å²) in [5.41, 5.74) is 6.11. The first kappa shape index (κ1) is 14.0. The molecule has 0 saturated heterocycles. The molecular weight excluding hydrogens is 266 g/mol. The minimum absolute atomic E-state index is 0.0547. The molecule has 0 unspecified atom stereocenters. The van der Waals surface area contributed by atoms with Crippen LogP contribution < -0.4 is 15.8 Å². The van der Waals surface area contributed by atoms with Crippen LogP contribution in [0.5, 0.6) is 5.88 Å². The fourth-order valence-electron chi connectivity index (χ4n) is 1.60. The van der Waals surface area contributed by atoms with E-state index in [1.165, 1.54) is 13.3 Å². The van der Waals surface area contributed by atoms with Crippen molar-refractivity contribution in [3.8, 4) is 5.88 Å². The Morgan fingerprint density at radius 3 is 2.70 bits per heavy atom. The predicted molar refractivity (Wildman–Crippen MR) is 72.0 cm³/mol. The molecule has 1 aromatic carbocycles. The number of aryl methyl sites for hydroxylation is 1. The summed E-state index contributed by atoms with van der Waals surface area (Å²) in [6.07, 6.45) is 1.23. The first-order valence-electron chi connectivity index (χ1n) is 5.98. The van der Waals surface area contributed by atoms with Gasteiger partial charge in [0.2, 0.25) is 5.88 Å². The zero-order chi connectivity index (χ0) is 14.7. The van der Waals surface area contributed by atoms with Crippen molar-refractivity contribution in [2.75, 3.05) is 17.7 Å². The lowest BCUT2D eigenvalue weighted by molar-refractivity contribution is 0.328. The Morgan fingerprint density at radius 2 is 2.00 bits per heavy atom. The number of rotatable bonds is 4. The highest BCUT2D eigenvalue weighted by Gasteiger charge is 2.12. The van der Waals surface area contributed by atoms with Gasteiger partial charge in [0.1, 0.15) is 23.6 Å². The van der Waals surface area contributed by atoms with Crippen molar-refractivity contribution >= 4 is 17.2 Å². The van der Waals surface area contributed by atoms with Crippen molar-refractivity contribution in [1.82, 2.24) is 9.97 Å². The average molecular weight is 280 g/mol. The zero-order valence-electron chi connectivity index (χ0n) is 11.1. The van der Waals surface area contributed by atoms with Gasteiger partial charge in [-0.2, -0.15) is 4.98 Å². The molecule has 3 N–H and O–H groups in total. The number of nitrogens with two attached hydrogens (primary N) is 1. The number of benzene rings is 1. The summed E-state index contributed by atoms with van der Waals surface area (Å²) < 4.78 is 32.4. The van der Waals surface area contributed by atoms with Crippen molar-refractivity contribution in [3.05, 3.63) is 35.7 Å². The lowest BCUT2D eigenvalue weighted by atomic mass is 10.2. The number of anilines is 3. The van der Waals surface area contributed by atoms with Gasteiger partial charge in [0.15, 0.2) is 5.82 Å². The smallest absolute Gasteiger partial charge is 0.242 e. The Hall–Kier alpha value is -2.44. The Bertz CT molecular complexity index is 634. The van der Waals surface area contributed by atoms with E-state index in [0.717, 1.165) is 12.1 Å². The molecule has 2 rings (SSSR count). The minimum Gasteiger partial charge on any atom is -0.476 e. The van der Waals surface area contributed by atoms with E-state index in [1.54, 1.807) is 6.92 Å². The van der Waals surface area contributed by atoms with Crippen LogP contribution in [0.3, 0.4) is 0 Å². The monoisotopic (exact) mass is 280 g/mol. The summed E-state index contributed by atoms with van der Waals surface area (Å²) in [5.74, 6) is -0.768. The number of nitrogens with zero attached hydrogens (tertiary/aromatic N) is 2. The van der Waals surface area contributed by atoms with Gasteiger partial charge in [0.05, 0.1) is 12.3 Å². The molecule has 0 aliphatic heterocycles. The summed E-state index contributed by atoms with van der Waals surface area (Å²) in [7, 11) is 0. The number of nitrogen functional groups attached to an aromatic ring is 1. The average Bonchev–Trinajstić information content (AvgIpc) is 2.40. The second-order valence-electron chi connectivity index (χ2n) is 4.08. The Morgan fingerprint density at radius 1 is 1.25 bits per heavy atom. The number of halogens is 2. The van der Waals surface area contributed by atoms with Crippen molar-refractivity contribution < 1.29 is 13.5 Å². The van der Waals surface area contributed by atoms with Gasteiger partial charge in [-0.05, 0) is 25.5 Å². The third kappa shape index (κ3) is 2.76. The van der Waals surface area contributed by atoms with E-state index in [-0.39, 0.29) is 28.6 Å². The summed E-state index contributed by atoms with van der Waals surface area (Å²) in [4.78, 5) is 7.75. The van der Waals surface area contributed by atoms with Crippen LogP contribution in [0.15, 0.2) is 18.5 Å². The molecule has 0 spiro atoms. The predicted octanol–water partition coefficient (Wildman–Crippen LogP) is 2.79. The van der Waals surface area contributed by atoms with E-state index >= 15 is 0 Å². The highest BCUT2D eigenvalue weighted by atomic mass is 19.1. The van der Waals surface area contributed by atoms with Crippen LogP contribution >= 0.6 is 0 Å². The molecule has 0 radical (unpaired) electrons. The van der Waals surface area contributed by atoms with Gasteiger partial charge >= 0.3 is 0 Å². The second-order valence-corrected chi connectivity index (χ2v) is 4.08. The van der Waals surface area contributed by atoms with Gasteiger partial charge in [-0.15, -0.1) is 0 Å². The standard InChI is InChI=1S/C13H14F2N4O/c1-3-20-13-11(16)12(17-6-18-13)19-10-5-8(14)7(2)4-9(10)15/h4-6H,3,16H2,1-2H3,(H,17,18,19). The molecule has 2 aromatic rings. The fourth-order valence-corrected chi connectivity index (χ4v) is 1.60. The topological polar surface area (TPSA) is 73.1 Å². The molecule has 0 fully saturated rings. The van der Waals surface area contributed by atoms with E-state index in [0.29, 0.717) is 6.61 Å². The molecule has 0 aliphatic rings. The molecule has 1 aromatic heterocycles. The van der Waals surface area contributed by atoms with E-state index in [1.807, 2.05) is 0 Å². The Labute approximate surface area is 114 Å². The van der Waals surface area contributed by atoms with Crippen molar-refractivity contribution in [3.63, 3.8) is 0 Å². The summed E-state index contributed by atoms with van der Waals surface area (Å²) in [6.45, 7) is 3.65. The van der Waals surface area contributed by atoms with Gasteiger partial charge in [-0.3, -0.25) is 0 Å².